The predicted molar refractivity (Wildman–Crippen MR) is 125 cm³/mol. The molecule has 0 aliphatic carbocycles. The monoisotopic (exact) mass is 514 g/mol. The second kappa shape index (κ2) is 10.6. The number of benzene rings is 2. The minimum Gasteiger partial charge on any atom is -0.486 e. The van der Waals surface area contributed by atoms with Crippen molar-refractivity contribution in [3.63, 3.8) is 0 Å². The first-order valence-electron chi connectivity index (χ1n) is 10.9. The van der Waals surface area contributed by atoms with Crippen molar-refractivity contribution in [2.24, 2.45) is 0 Å². The van der Waals surface area contributed by atoms with Gasteiger partial charge in [-0.3, -0.25) is 0 Å². The van der Waals surface area contributed by atoms with Crippen LogP contribution in [0.2, 0.25) is 0 Å². The summed E-state index contributed by atoms with van der Waals surface area (Å²) in [6.45, 7) is 1.24. The molecule has 37 heavy (non-hydrogen) atoms. The Morgan fingerprint density at radius 2 is 1.81 bits per heavy atom. The van der Waals surface area contributed by atoms with E-state index in [2.05, 4.69) is 15.1 Å². The third-order valence-corrected chi connectivity index (χ3v) is 5.16. The maximum Gasteiger partial charge on any atom is 0.416 e. The summed E-state index contributed by atoms with van der Waals surface area (Å²) in [7, 11) is 1.48. The average Bonchev–Trinajstić information content (AvgIpc) is 3.31. The fraction of sp³-hybridized carbons (Fsp3) is 0.200. The molecule has 2 aromatic heterocycles. The van der Waals surface area contributed by atoms with Crippen molar-refractivity contribution in [1.29, 1.82) is 0 Å². The zero-order valence-corrected chi connectivity index (χ0v) is 19.7. The maximum atomic E-state index is 13.0. The number of aliphatic carboxylic acids is 1. The molecule has 1 N–H and O–H groups in total. The number of aryl methyl sites for hydroxylation is 1. The van der Waals surface area contributed by atoms with Gasteiger partial charge >= 0.3 is 12.1 Å². The standard InChI is InChI=1S/C25H21F3N4O5/c1-15-11-19(8-9-20(15)37-14-23(33)34)36-13-21-30-24(16-3-5-17(6-4-16)25(26,27)28)32(31-21)18-7-10-22(35-2)29-12-18/h3-12H,13-14H2,1-2H3,(H,33,34). The van der Waals surface area contributed by atoms with Crippen LogP contribution in [-0.2, 0) is 17.6 Å². The minimum atomic E-state index is -4.46. The van der Waals surface area contributed by atoms with Gasteiger partial charge < -0.3 is 19.3 Å². The summed E-state index contributed by atoms with van der Waals surface area (Å²) in [4.78, 5) is 19.4. The number of carboxylic acids is 1. The molecular weight excluding hydrogens is 493 g/mol. The Hall–Kier alpha value is -4.61. The van der Waals surface area contributed by atoms with Crippen LogP contribution >= 0.6 is 0 Å². The number of nitrogens with zero attached hydrogens (tertiary/aromatic N) is 4. The molecule has 0 aliphatic rings. The van der Waals surface area contributed by atoms with E-state index in [9.17, 15) is 18.0 Å². The number of pyridine rings is 1. The fourth-order valence-electron chi connectivity index (χ4n) is 3.37. The van der Waals surface area contributed by atoms with Crippen LogP contribution < -0.4 is 14.2 Å². The molecule has 0 atom stereocenters. The molecule has 0 saturated heterocycles. The molecule has 0 bridgehead atoms. The molecule has 0 radical (unpaired) electrons. The van der Waals surface area contributed by atoms with Gasteiger partial charge in [0.25, 0.3) is 0 Å². The van der Waals surface area contributed by atoms with Crippen molar-refractivity contribution in [2.75, 3.05) is 13.7 Å². The van der Waals surface area contributed by atoms with Gasteiger partial charge in [0.2, 0.25) is 5.88 Å². The number of alkyl halides is 3. The quantitative estimate of drug-likeness (QED) is 0.342. The van der Waals surface area contributed by atoms with Crippen LogP contribution in [0.3, 0.4) is 0 Å². The topological polar surface area (TPSA) is 109 Å². The smallest absolute Gasteiger partial charge is 0.416 e. The average molecular weight is 514 g/mol. The van der Waals surface area contributed by atoms with E-state index in [-0.39, 0.29) is 12.4 Å². The van der Waals surface area contributed by atoms with Crippen molar-refractivity contribution < 1.29 is 37.3 Å². The van der Waals surface area contributed by atoms with Crippen molar-refractivity contribution in [3.8, 4) is 34.5 Å². The lowest BCUT2D eigenvalue weighted by Gasteiger charge is -2.09. The van der Waals surface area contributed by atoms with Gasteiger partial charge in [-0.1, -0.05) is 12.1 Å². The summed E-state index contributed by atoms with van der Waals surface area (Å²) in [5, 5.41) is 13.2. The van der Waals surface area contributed by atoms with Crippen molar-refractivity contribution in [1.82, 2.24) is 19.7 Å². The van der Waals surface area contributed by atoms with E-state index in [1.807, 2.05) is 0 Å². The Labute approximate surface area is 209 Å². The van der Waals surface area contributed by atoms with Crippen LogP contribution in [0.25, 0.3) is 17.1 Å². The lowest BCUT2D eigenvalue weighted by molar-refractivity contribution is -0.139. The Morgan fingerprint density at radius 1 is 1.05 bits per heavy atom. The molecule has 0 unspecified atom stereocenters. The van der Waals surface area contributed by atoms with Gasteiger partial charge in [0, 0.05) is 11.6 Å². The van der Waals surface area contributed by atoms with Crippen LogP contribution in [-0.4, -0.2) is 44.5 Å². The van der Waals surface area contributed by atoms with Crippen LogP contribution in [0, 0.1) is 6.92 Å². The fourth-order valence-corrected chi connectivity index (χ4v) is 3.37. The number of ether oxygens (including phenoxy) is 3. The lowest BCUT2D eigenvalue weighted by atomic mass is 10.1. The van der Waals surface area contributed by atoms with Gasteiger partial charge in [-0.2, -0.15) is 13.2 Å². The van der Waals surface area contributed by atoms with Gasteiger partial charge in [-0.05, 0) is 48.9 Å². The molecule has 0 spiro atoms. The number of aromatic nitrogens is 4. The molecule has 4 aromatic rings. The van der Waals surface area contributed by atoms with E-state index in [4.69, 9.17) is 19.3 Å². The second-order valence-corrected chi connectivity index (χ2v) is 7.80. The van der Waals surface area contributed by atoms with E-state index in [0.717, 1.165) is 12.1 Å². The highest BCUT2D eigenvalue weighted by Crippen LogP contribution is 2.31. The molecular formula is C25H21F3N4O5. The number of hydrogen-bond acceptors (Lipinski definition) is 7. The number of hydrogen-bond donors (Lipinski definition) is 1. The highest BCUT2D eigenvalue weighted by molar-refractivity contribution is 5.68. The second-order valence-electron chi connectivity index (χ2n) is 7.80. The first-order valence-corrected chi connectivity index (χ1v) is 10.9. The van der Waals surface area contributed by atoms with E-state index >= 15 is 0 Å². The van der Waals surface area contributed by atoms with E-state index in [1.165, 1.54) is 30.1 Å². The molecule has 192 valence electrons. The third kappa shape index (κ3) is 6.15. The van der Waals surface area contributed by atoms with E-state index in [0.29, 0.717) is 40.0 Å². The molecule has 0 fully saturated rings. The summed E-state index contributed by atoms with van der Waals surface area (Å²) >= 11 is 0. The number of halogens is 3. The van der Waals surface area contributed by atoms with E-state index < -0.39 is 24.3 Å². The minimum absolute atomic E-state index is 0.0427. The molecule has 0 amide bonds. The van der Waals surface area contributed by atoms with Crippen LogP contribution in [0.4, 0.5) is 13.2 Å². The SMILES string of the molecule is COc1ccc(-n2nc(COc3ccc(OCC(=O)O)c(C)c3)nc2-c2ccc(C(F)(F)F)cc2)cn1. The summed E-state index contributed by atoms with van der Waals surface area (Å²) in [6.07, 6.45) is -2.96. The van der Waals surface area contributed by atoms with Crippen LogP contribution in [0.5, 0.6) is 17.4 Å². The molecule has 0 saturated carbocycles. The van der Waals surface area contributed by atoms with Gasteiger partial charge in [0.15, 0.2) is 18.3 Å². The van der Waals surface area contributed by atoms with Crippen molar-refractivity contribution in [2.45, 2.75) is 19.7 Å². The van der Waals surface area contributed by atoms with Crippen molar-refractivity contribution in [3.05, 3.63) is 77.7 Å². The number of carboxylic acid groups (broad SMARTS) is 1. The Morgan fingerprint density at radius 3 is 2.41 bits per heavy atom. The highest BCUT2D eigenvalue weighted by atomic mass is 19.4. The Bertz CT molecular complexity index is 1390. The maximum absolute atomic E-state index is 13.0. The normalized spacial score (nSPS) is 11.3. The number of carbonyl (C=O) groups is 1. The lowest BCUT2D eigenvalue weighted by Crippen LogP contribution is -2.10. The number of rotatable bonds is 9. The van der Waals surface area contributed by atoms with Gasteiger partial charge in [-0.25, -0.2) is 19.4 Å². The third-order valence-electron chi connectivity index (χ3n) is 5.16. The zero-order valence-electron chi connectivity index (χ0n) is 19.7. The van der Waals surface area contributed by atoms with Gasteiger partial charge in [0.1, 0.15) is 18.1 Å². The Balaban J connectivity index is 1.60. The molecule has 4 rings (SSSR count). The molecule has 12 heteroatoms. The van der Waals surface area contributed by atoms with Gasteiger partial charge in [-0.15, -0.1) is 5.10 Å². The number of methoxy groups -OCH3 is 1. The summed E-state index contributed by atoms with van der Waals surface area (Å²) < 4.78 is 56.6. The first-order chi connectivity index (χ1) is 17.6. The van der Waals surface area contributed by atoms with Gasteiger partial charge in [0.05, 0.1) is 24.6 Å². The molecule has 9 nitrogen and oxygen atoms in total. The zero-order chi connectivity index (χ0) is 26.6. The summed E-state index contributed by atoms with van der Waals surface area (Å²) in [6, 6.07) is 12.8. The largest absolute Gasteiger partial charge is 0.486 e. The van der Waals surface area contributed by atoms with Crippen LogP contribution in [0.15, 0.2) is 60.8 Å². The predicted octanol–water partition coefficient (Wildman–Crippen LogP) is 4.71. The summed E-state index contributed by atoms with van der Waals surface area (Å²) in [5.74, 6) is 0.752. The molecule has 0 aliphatic heterocycles. The van der Waals surface area contributed by atoms with Crippen LogP contribution in [0.1, 0.15) is 17.0 Å². The molecule has 2 heterocycles. The highest BCUT2D eigenvalue weighted by Gasteiger charge is 2.30. The summed E-state index contributed by atoms with van der Waals surface area (Å²) in [5.41, 5.74) is 0.832. The molecule has 2 aromatic carbocycles. The van der Waals surface area contributed by atoms with E-state index in [1.54, 1.807) is 37.3 Å². The Kier molecular flexibility index (Phi) is 7.27. The first kappa shape index (κ1) is 25.5. The van der Waals surface area contributed by atoms with Crippen molar-refractivity contribution >= 4 is 5.97 Å².